The molecule has 0 amide bonds. The molecule has 0 unspecified atom stereocenters. The van der Waals surface area contributed by atoms with Crippen LogP contribution in [0.1, 0.15) is 27.1 Å². The fourth-order valence-electron chi connectivity index (χ4n) is 2.92. The van der Waals surface area contributed by atoms with E-state index in [1.807, 2.05) is 12.1 Å². The molecular formula is C21H22O6. The molecule has 0 radical (unpaired) electrons. The van der Waals surface area contributed by atoms with Gasteiger partial charge in [0.25, 0.3) is 0 Å². The smallest absolute Gasteiger partial charge is 0.338 e. The minimum Gasteiger partial charge on any atom is -0.462 e. The fourth-order valence-corrected chi connectivity index (χ4v) is 2.92. The Hall–Kier alpha value is -2.70. The van der Waals surface area contributed by atoms with E-state index in [1.165, 1.54) is 0 Å². The van der Waals surface area contributed by atoms with E-state index in [-0.39, 0.29) is 19.1 Å². The minimum atomic E-state index is -0.417. The van der Waals surface area contributed by atoms with Gasteiger partial charge in [-0.15, -0.1) is 0 Å². The van der Waals surface area contributed by atoms with Crippen LogP contribution in [-0.2, 0) is 18.9 Å². The van der Waals surface area contributed by atoms with E-state index in [1.54, 1.807) is 55.6 Å². The second kappa shape index (κ2) is 9.30. The van der Waals surface area contributed by atoms with Crippen molar-refractivity contribution in [3.8, 4) is 0 Å². The lowest BCUT2D eigenvalue weighted by Crippen LogP contribution is -2.28. The fraction of sp³-hybridized carbons (Fsp3) is 0.333. The van der Waals surface area contributed by atoms with E-state index in [2.05, 4.69) is 0 Å². The van der Waals surface area contributed by atoms with Crippen LogP contribution in [0.2, 0.25) is 0 Å². The molecular weight excluding hydrogens is 348 g/mol. The Morgan fingerprint density at radius 1 is 0.889 bits per heavy atom. The van der Waals surface area contributed by atoms with Gasteiger partial charge in [0.2, 0.25) is 0 Å². The summed E-state index contributed by atoms with van der Waals surface area (Å²) in [7, 11) is 1.55. The van der Waals surface area contributed by atoms with E-state index in [0.29, 0.717) is 17.5 Å². The molecule has 6 heteroatoms. The minimum absolute atomic E-state index is 0.0706. The van der Waals surface area contributed by atoms with Crippen LogP contribution in [-0.4, -0.2) is 44.7 Å². The van der Waals surface area contributed by atoms with Crippen molar-refractivity contribution in [2.24, 2.45) is 5.92 Å². The number of ether oxygens (including phenoxy) is 4. The zero-order chi connectivity index (χ0) is 19.1. The quantitative estimate of drug-likeness (QED) is 0.698. The average molecular weight is 370 g/mol. The molecule has 0 N–H and O–H groups in total. The summed E-state index contributed by atoms with van der Waals surface area (Å²) in [4.78, 5) is 24.2. The topological polar surface area (TPSA) is 71.1 Å². The van der Waals surface area contributed by atoms with Crippen LogP contribution in [0.3, 0.4) is 0 Å². The number of esters is 2. The van der Waals surface area contributed by atoms with Crippen LogP contribution < -0.4 is 0 Å². The number of rotatable bonds is 7. The Kier molecular flexibility index (Phi) is 6.57. The zero-order valence-corrected chi connectivity index (χ0v) is 15.1. The summed E-state index contributed by atoms with van der Waals surface area (Å²) in [6.07, 6.45) is -0.247. The summed E-state index contributed by atoms with van der Waals surface area (Å²) in [5.41, 5.74) is 0.970. The highest BCUT2D eigenvalue weighted by Gasteiger charge is 2.37. The molecule has 1 aliphatic heterocycles. The molecule has 3 atom stereocenters. The second-order valence-electron chi connectivity index (χ2n) is 6.26. The largest absolute Gasteiger partial charge is 0.462 e. The Bertz CT molecular complexity index is 682. The van der Waals surface area contributed by atoms with Gasteiger partial charge >= 0.3 is 11.9 Å². The van der Waals surface area contributed by atoms with Crippen LogP contribution in [0.5, 0.6) is 0 Å². The van der Waals surface area contributed by atoms with Crippen molar-refractivity contribution in [1.82, 2.24) is 0 Å². The van der Waals surface area contributed by atoms with Crippen molar-refractivity contribution in [1.29, 1.82) is 0 Å². The molecule has 2 aromatic rings. The SMILES string of the molecule is CO[C@H]1C[C@H](COC(=O)c2ccccc2)[C@@H](COC(=O)c2ccccc2)O1. The predicted octanol–water partition coefficient (Wildman–Crippen LogP) is 3.08. The Morgan fingerprint density at radius 3 is 1.93 bits per heavy atom. The number of hydrogen-bond acceptors (Lipinski definition) is 6. The van der Waals surface area contributed by atoms with Crippen LogP contribution >= 0.6 is 0 Å². The maximum absolute atomic E-state index is 12.1. The van der Waals surface area contributed by atoms with Crippen LogP contribution in [0.4, 0.5) is 0 Å². The number of hydrogen-bond donors (Lipinski definition) is 0. The molecule has 1 saturated heterocycles. The molecule has 1 aliphatic rings. The monoisotopic (exact) mass is 370 g/mol. The first-order valence-electron chi connectivity index (χ1n) is 8.80. The average Bonchev–Trinajstić information content (AvgIpc) is 3.13. The first-order valence-corrected chi connectivity index (χ1v) is 8.80. The third kappa shape index (κ3) is 5.15. The molecule has 0 aromatic heterocycles. The molecule has 27 heavy (non-hydrogen) atoms. The maximum Gasteiger partial charge on any atom is 0.338 e. The number of methoxy groups -OCH3 is 1. The summed E-state index contributed by atoms with van der Waals surface area (Å²) in [6, 6.07) is 17.5. The van der Waals surface area contributed by atoms with Gasteiger partial charge < -0.3 is 18.9 Å². The lowest BCUT2D eigenvalue weighted by molar-refractivity contribution is -0.126. The van der Waals surface area contributed by atoms with E-state index in [4.69, 9.17) is 18.9 Å². The van der Waals surface area contributed by atoms with E-state index in [0.717, 1.165) is 0 Å². The molecule has 1 heterocycles. The molecule has 3 rings (SSSR count). The Morgan fingerprint density at radius 2 is 1.41 bits per heavy atom. The van der Waals surface area contributed by atoms with E-state index < -0.39 is 24.3 Å². The predicted molar refractivity (Wildman–Crippen MR) is 97.2 cm³/mol. The number of carbonyl (C=O) groups excluding carboxylic acids is 2. The van der Waals surface area contributed by atoms with Crippen LogP contribution in [0.15, 0.2) is 60.7 Å². The van der Waals surface area contributed by atoms with E-state index >= 15 is 0 Å². The Balaban J connectivity index is 1.54. The standard InChI is InChI=1S/C21H22O6/c1-24-19-12-17(13-25-20(22)15-8-4-2-5-9-15)18(27-19)14-26-21(23)16-10-6-3-7-11-16/h2-11,17-19H,12-14H2,1H3/t17-,18-,19-/m1/s1. The van der Waals surface area contributed by atoms with Crippen molar-refractivity contribution < 1.29 is 28.5 Å². The van der Waals surface area contributed by atoms with Crippen LogP contribution in [0.25, 0.3) is 0 Å². The van der Waals surface area contributed by atoms with Gasteiger partial charge in [0.15, 0.2) is 6.29 Å². The maximum atomic E-state index is 12.1. The molecule has 142 valence electrons. The van der Waals surface area contributed by atoms with Crippen molar-refractivity contribution >= 4 is 11.9 Å². The lowest BCUT2D eigenvalue weighted by Gasteiger charge is -2.18. The molecule has 0 bridgehead atoms. The molecule has 2 aromatic carbocycles. The first kappa shape index (κ1) is 19.1. The highest BCUT2D eigenvalue weighted by molar-refractivity contribution is 5.89. The number of carbonyl (C=O) groups is 2. The van der Waals surface area contributed by atoms with Gasteiger partial charge in [0, 0.05) is 19.4 Å². The highest BCUT2D eigenvalue weighted by Crippen LogP contribution is 2.28. The molecule has 0 spiro atoms. The third-order valence-electron chi connectivity index (χ3n) is 4.44. The third-order valence-corrected chi connectivity index (χ3v) is 4.44. The summed E-state index contributed by atoms with van der Waals surface area (Å²) in [5.74, 6) is -0.928. The normalized spacial score (nSPS) is 21.6. The van der Waals surface area contributed by atoms with Gasteiger partial charge in [0.05, 0.1) is 17.7 Å². The van der Waals surface area contributed by atoms with Crippen molar-refractivity contribution in [2.45, 2.75) is 18.8 Å². The van der Waals surface area contributed by atoms with Gasteiger partial charge in [-0.2, -0.15) is 0 Å². The van der Waals surface area contributed by atoms with Crippen molar-refractivity contribution in [2.75, 3.05) is 20.3 Å². The Labute approximate surface area is 158 Å². The van der Waals surface area contributed by atoms with Crippen molar-refractivity contribution in [3.05, 3.63) is 71.8 Å². The van der Waals surface area contributed by atoms with Gasteiger partial charge in [-0.3, -0.25) is 0 Å². The molecule has 0 saturated carbocycles. The van der Waals surface area contributed by atoms with Gasteiger partial charge in [-0.05, 0) is 24.3 Å². The second-order valence-corrected chi connectivity index (χ2v) is 6.26. The van der Waals surface area contributed by atoms with Gasteiger partial charge in [-0.1, -0.05) is 36.4 Å². The summed E-state index contributed by atoms with van der Waals surface area (Å²) in [6.45, 7) is 0.238. The first-order chi connectivity index (χ1) is 13.2. The zero-order valence-electron chi connectivity index (χ0n) is 15.1. The lowest BCUT2D eigenvalue weighted by atomic mass is 10.0. The van der Waals surface area contributed by atoms with Crippen LogP contribution in [0, 0.1) is 5.92 Å². The molecule has 0 aliphatic carbocycles. The van der Waals surface area contributed by atoms with Gasteiger partial charge in [0.1, 0.15) is 12.7 Å². The molecule has 1 fully saturated rings. The summed E-state index contributed by atoms with van der Waals surface area (Å²) in [5, 5.41) is 0. The highest BCUT2D eigenvalue weighted by atomic mass is 16.7. The van der Waals surface area contributed by atoms with Gasteiger partial charge in [-0.25, -0.2) is 9.59 Å². The summed E-state index contributed by atoms with van der Waals surface area (Å²) < 4.78 is 21.8. The summed E-state index contributed by atoms with van der Waals surface area (Å²) >= 11 is 0. The van der Waals surface area contributed by atoms with E-state index in [9.17, 15) is 9.59 Å². The van der Waals surface area contributed by atoms with Crippen molar-refractivity contribution in [3.63, 3.8) is 0 Å². The molecule has 6 nitrogen and oxygen atoms in total. The number of benzene rings is 2.